The molecule has 1 saturated heterocycles. The summed E-state index contributed by atoms with van der Waals surface area (Å²) in [6.07, 6.45) is 3.94. The Morgan fingerprint density at radius 3 is 2.28 bits per heavy atom. The van der Waals surface area contributed by atoms with Gasteiger partial charge in [0, 0.05) is 43.3 Å². The molecule has 1 aliphatic rings. The molecular formula is C20H37NO4. The van der Waals surface area contributed by atoms with E-state index in [4.69, 9.17) is 9.47 Å². The van der Waals surface area contributed by atoms with Crippen LogP contribution in [0.1, 0.15) is 80.6 Å². The smallest absolute Gasteiger partial charge is 0.306 e. The van der Waals surface area contributed by atoms with E-state index in [2.05, 4.69) is 39.5 Å². The van der Waals surface area contributed by atoms with Crippen molar-refractivity contribution in [2.24, 2.45) is 5.92 Å². The molecule has 4 unspecified atom stereocenters. The van der Waals surface area contributed by atoms with Gasteiger partial charge in [0.15, 0.2) is 0 Å². The molecule has 0 saturated carbocycles. The Bertz CT molecular complexity index is 467. The molecule has 0 radical (unpaired) electrons. The minimum atomic E-state index is -0.243. The molecule has 0 N–H and O–H groups in total. The van der Waals surface area contributed by atoms with Crippen LogP contribution in [0.25, 0.3) is 0 Å². The Hall–Kier alpha value is -1.10. The Balaban J connectivity index is 3.05. The number of esters is 2. The number of likely N-dealkylation sites (tertiary alicyclic amines) is 1. The van der Waals surface area contributed by atoms with E-state index < -0.39 is 0 Å². The molecule has 4 atom stereocenters. The number of ether oxygens (including phenoxy) is 2. The van der Waals surface area contributed by atoms with Crippen LogP contribution in [0.3, 0.4) is 0 Å². The molecule has 0 aromatic carbocycles. The molecule has 0 aromatic heterocycles. The van der Waals surface area contributed by atoms with Crippen LogP contribution >= 0.6 is 0 Å². The van der Waals surface area contributed by atoms with Crippen molar-refractivity contribution in [1.82, 2.24) is 4.90 Å². The summed E-state index contributed by atoms with van der Waals surface area (Å²) >= 11 is 0. The number of hydrogen-bond donors (Lipinski definition) is 0. The number of carbonyl (C=O) groups is 2. The van der Waals surface area contributed by atoms with Crippen LogP contribution in [-0.4, -0.2) is 47.2 Å². The third-order valence-corrected chi connectivity index (χ3v) is 6.28. The molecule has 0 amide bonds. The number of nitrogens with zero attached hydrogens (tertiary/aromatic N) is 1. The average molecular weight is 356 g/mol. The number of carbonyl (C=O) groups excluding carboxylic acids is 2. The highest BCUT2D eigenvalue weighted by Gasteiger charge is 2.53. The van der Waals surface area contributed by atoms with E-state index in [0.717, 1.165) is 25.7 Å². The van der Waals surface area contributed by atoms with Gasteiger partial charge < -0.3 is 9.47 Å². The van der Waals surface area contributed by atoms with Gasteiger partial charge in [-0.05, 0) is 33.1 Å². The summed E-state index contributed by atoms with van der Waals surface area (Å²) in [5.41, 5.74) is -0.200. The Morgan fingerprint density at radius 1 is 1.16 bits per heavy atom. The average Bonchev–Trinajstić information content (AvgIpc) is 2.55. The predicted molar refractivity (Wildman–Crippen MR) is 99.3 cm³/mol. The lowest BCUT2D eigenvalue weighted by Gasteiger charge is -2.60. The number of rotatable bonds is 8. The highest BCUT2D eigenvalue weighted by Crippen LogP contribution is 2.46. The van der Waals surface area contributed by atoms with Gasteiger partial charge in [0.2, 0.25) is 0 Å². The summed E-state index contributed by atoms with van der Waals surface area (Å²) < 4.78 is 11.1. The highest BCUT2D eigenvalue weighted by molar-refractivity contribution is 5.69. The van der Waals surface area contributed by atoms with Gasteiger partial charge in [-0.2, -0.15) is 0 Å². The van der Waals surface area contributed by atoms with Crippen molar-refractivity contribution in [1.29, 1.82) is 0 Å². The van der Waals surface area contributed by atoms with E-state index in [9.17, 15) is 9.59 Å². The molecule has 0 aromatic rings. The first-order valence-electron chi connectivity index (χ1n) is 9.75. The van der Waals surface area contributed by atoms with Gasteiger partial charge in [-0.3, -0.25) is 14.5 Å². The molecule has 5 heteroatoms. The van der Waals surface area contributed by atoms with E-state index in [0.29, 0.717) is 19.6 Å². The molecule has 1 heterocycles. The zero-order valence-electron chi connectivity index (χ0n) is 17.2. The van der Waals surface area contributed by atoms with Crippen LogP contribution < -0.4 is 0 Å². The van der Waals surface area contributed by atoms with Crippen LogP contribution in [-0.2, 0) is 19.1 Å². The summed E-state index contributed by atoms with van der Waals surface area (Å²) in [5, 5.41) is 0. The van der Waals surface area contributed by atoms with Crippen molar-refractivity contribution >= 4 is 11.9 Å². The fourth-order valence-electron chi connectivity index (χ4n) is 4.21. The molecule has 0 aliphatic carbocycles. The fraction of sp³-hybridized carbons (Fsp3) is 0.900. The molecule has 1 aliphatic heterocycles. The highest BCUT2D eigenvalue weighted by atomic mass is 16.5. The molecule has 0 bridgehead atoms. The maximum absolute atomic E-state index is 12.1. The quantitative estimate of drug-likeness (QED) is 0.617. The Morgan fingerprint density at radius 2 is 1.80 bits per heavy atom. The van der Waals surface area contributed by atoms with Crippen LogP contribution in [0.4, 0.5) is 0 Å². The maximum Gasteiger partial charge on any atom is 0.306 e. The first-order chi connectivity index (χ1) is 11.6. The Labute approximate surface area is 153 Å². The molecule has 146 valence electrons. The van der Waals surface area contributed by atoms with Crippen molar-refractivity contribution in [2.45, 2.75) is 97.8 Å². The minimum absolute atomic E-state index is 0.0704. The zero-order chi connectivity index (χ0) is 19.3. The summed E-state index contributed by atoms with van der Waals surface area (Å²) in [7, 11) is 0. The van der Waals surface area contributed by atoms with Gasteiger partial charge in [0.25, 0.3) is 0 Å². The van der Waals surface area contributed by atoms with Crippen LogP contribution in [0, 0.1) is 5.92 Å². The Kier molecular flexibility index (Phi) is 7.91. The van der Waals surface area contributed by atoms with Crippen molar-refractivity contribution in [3.05, 3.63) is 0 Å². The van der Waals surface area contributed by atoms with E-state index in [1.54, 1.807) is 0 Å². The van der Waals surface area contributed by atoms with Crippen molar-refractivity contribution in [3.63, 3.8) is 0 Å². The molecule has 25 heavy (non-hydrogen) atoms. The lowest BCUT2D eigenvalue weighted by molar-refractivity contribution is -0.179. The van der Waals surface area contributed by atoms with Gasteiger partial charge in [-0.1, -0.05) is 27.7 Å². The van der Waals surface area contributed by atoms with E-state index >= 15 is 0 Å². The summed E-state index contributed by atoms with van der Waals surface area (Å²) in [6, 6.07) is 0. The van der Waals surface area contributed by atoms with E-state index in [-0.39, 0.29) is 35.0 Å². The third-order valence-electron chi connectivity index (χ3n) is 6.28. The molecular weight excluding hydrogens is 318 g/mol. The summed E-state index contributed by atoms with van der Waals surface area (Å²) in [4.78, 5) is 25.7. The van der Waals surface area contributed by atoms with Gasteiger partial charge in [0.1, 0.15) is 12.7 Å². The van der Waals surface area contributed by atoms with Crippen molar-refractivity contribution in [2.75, 3.05) is 13.2 Å². The van der Waals surface area contributed by atoms with Crippen molar-refractivity contribution < 1.29 is 19.1 Å². The number of hydrogen-bond acceptors (Lipinski definition) is 5. The van der Waals surface area contributed by atoms with Gasteiger partial charge in [-0.15, -0.1) is 0 Å². The summed E-state index contributed by atoms with van der Waals surface area (Å²) in [6.45, 7) is 15.6. The van der Waals surface area contributed by atoms with Gasteiger partial charge in [-0.25, -0.2) is 0 Å². The normalized spacial score (nSPS) is 33.1. The topological polar surface area (TPSA) is 55.8 Å². The van der Waals surface area contributed by atoms with E-state index in [1.807, 2.05) is 6.92 Å². The first kappa shape index (κ1) is 21.9. The lowest BCUT2D eigenvalue weighted by Crippen LogP contribution is -2.68. The molecule has 1 rings (SSSR count). The second-order valence-corrected chi connectivity index (χ2v) is 7.82. The number of piperidine rings is 1. The SMILES string of the molecule is CCCC(=O)OC1CC(C)(CC)N(CCOC(C)=O)C(C)(CC)C1C. The van der Waals surface area contributed by atoms with Gasteiger partial charge >= 0.3 is 11.9 Å². The fourth-order valence-corrected chi connectivity index (χ4v) is 4.21. The maximum atomic E-state index is 12.1. The van der Waals surface area contributed by atoms with Crippen molar-refractivity contribution in [3.8, 4) is 0 Å². The monoisotopic (exact) mass is 355 g/mol. The van der Waals surface area contributed by atoms with Crippen LogP contribution in [0.2, 0.25) is 0 Å². The first-order valence-corrected chi connectivity index (χ1v) is 9.75. The molecule has 1 fully saturated rings. The lowest BCUT2D eigenvalue weighted by atomic mass is 9.68. The summed E-state index contributed by atoms with van der Waals surface area (Å²) in [5.74, 6) is -0.118. The zero-order valence-corrected chi connectivity index (χ0v) is 17.2. The molecule has 5 nitrogen and oxygen atoms in total. The van der Waals surface area contributed by atoms with Crippen LogP contribution in [0.15, 0.2) is 0 Å². The van der Waals surface area contributed by atoms with Crippen LogP contribution in [0.5, 0.6) is 0 Å². The minimum Gasteiger partial charge on any atom is -0.465 e. The predicted octanol–water partition coefficient (Wildman–Crippen LogP) is 3.94. The second-order valence-electron chi connectivity index (χ2n) is 7.82. The second kappa shape index (κ2) is 9.02. The largest absolute Gasteiger partial charge is 0.465 e. The van der Waals surface area contributed by atoms with Gasteiger partial charge in [0.05, 0.1) is 0 Å². The standard InChI is InChI=1S/C20H37NO4/c1-8-11-18(23)25-17-14-19(6,9-2)21(12-13-24-16(5)22)20(7,10-3)15(17)4/h15,17H,8-14H2,1-7H3. The van der Waals surface area contributed by atoms with E-state index in [1.165, 1.54) is 6.92 Å². The third kappa shape index (κ3) is 4.96. The molecule has 0 spiro atoms.